The van der Waals surface area contributed by atoms with Crippen molar-refractivity contribution in [3.8, 4) is 0 Å². The third kappa shape index (κ3) is 7.56. The molecule has 0 atom stereocenters. The average Bonchev–Trinajstić information content (AvgIpc) is 2.49. The van der Waals surface area contributed by atoms with E-state index in [1.807, 2.05) is 30.3 Å². The number of carbonyl (C=O) groups is 1. The number of unbranched alkanes of at least 4 members (excludes halogenated alkanes) is 1. The molecule has 0 fully saturated rings. The Morgan fingerprint density at radius 1 is 1.18 bits per heavy atom. The van der Waals surface area contributed by atoms with Gasteiger partial charge in [-0.05, 0) is 18.4 Å². The molecule has 0 unspecified atom stereocenters. The van der Waals surface area contributed by atoms with Crippen LogP contribution in [0.3, 0.4) is 0 Å². The van der Waals surface area contributed by atoms with Crippen molar-refractivity contribution in [2.45, 2.75) is 33.1 Å². The lowest BCUT2D eigenvalue weighted by molar-refractivity contribution is -0.128. The first-order valence-electron chi connectivity index (χ1n) is 7.71. The number of hydrogen-bond donors (Lipinski definition) is 1. The van der Waals surface area contributed by atoms with Gasteiger partial charge in [-0.1, -0.05) is 43.7 Å². The fourth-order valence-electron chi connectivity index (χ4n) is 2.08. The van der Waals surface area contributed by atoms with Crippen LogP contribution in [-0.4, -0.2) is 44.6 Å². The molecule has 0 aliphatic heterocycles. The van der Waals surface area contributed by atoms with E-state index in [9.17, 15) is 13.2 Å². The van der Waals surface area contributed by atoms with E-state index in [2.05, 4.69) is 11.6 Å². The summed E-state index contributed by atoms with van der Waals surface area (Å²) in [5.41, 5.74) is 1.00. The number of nitrogens with one attached hydrogen (secondary N) is 1. The number of hydrogen-bond acceptors (Lipinski definition) is 3. The van der Waals surface area contributed by atoms with Gasteiger partial charge in [0.1, 0.15) is 0 Å². The fourth-order valence-corrected chi connectivity index (χ4v) is 3.13. The highest BCUT2D eigenvalue weighted by Crippen LogP contribution is 2.01. The summed E-state index contributed by atoms with van der Waals surface area (Å²) in [7, 11) is -3.31. The zero-order valence-electron chi connectivity index (χ0n) is 13.4. The largest absolute Gasteiger partial charge is 0.342 e. The molecule has 0 heterocycles. The number of amides is 1. The Hall–Kier alpha value is -1.40. The van der Waals surface area contributed by atoms with Gasteiger partial charge in [-0.2, -0.15) is 0 Å². The lowest BCUT2D eigenvalue weighted by Gasteiger charge is -2.20. The van der Waals surface area contributed by atoms with Gasteiger partial charge in [-0.3, -0.25) is 4.79 Å². The number of carbonyl (C=O) groups excluding carboxylic acids is 1. The van der Waals surface area contributed by atoms with E-state index in [0.29, 0.717) is 19.5 Å². The second-order valence-electron chi connectivity index (χ2n) is 5.31. The van der Waals surface area contributed by atoms with Crippen molar-refractivity contribution in [1.29, 1.82) is 0 Å². The summed E-state index contributed by atoms with van der Waals surface area (Å²) >= 11 is 0. The van der Waals surface area contributed by atoms with Gasteiger partial charge in [-0.25, -0.2) is 13.1 Å². The molecule has 6 heteroatoms. The molecule has 1 N–H and O–H groups in total. The molecular weight excluding hydrogens is 300 g/mol. The van der Waals surface area contributed by atoms with Crippen LogP contribution in [0.4, 0.5) is 0 Å². The standard InChI is InChI=1S/C16H26N2O3S/c1-3-4-12-18(15(2)19)13-11-17-22(20,21)14-10-16-8-6-5-7-9-16/h5-9,17H,3-4,10-14H2,1-2H3. The molecule has 1 aromatic carbocycles. The lowest BCUT2D eigenvalue weighted by atomic mass is 10.2. The van der Waals surface area contributed by atoms with Crippen molar-refractivity contribution in [3.05, 3.63) is 35.9 Å². The smallest absolute Gasteiger partial charge is 0.219 e. The van der Waals surface area contributed by atoms with Crippen LogP contribution in [0, 0.1) is 0 Å². The van der Waals surface area contributed by atoms with E-state index in [-0.39, 0.29) is 18.2 Å². The average molecular weight is 326 g/mol. The van der Waals surface area contributed by atoms with E-state index < -0.39 is 10.0 Å². The van der Waals surface area contributed by atoms with Gasteiger partial charge in [0.2, 0.25) is 15.9 Å². The Bertz CT molecular complexity index is 544. The van der Waals surface area contributed by atoms with E-state index in [4.69, 9.17) is 0 Å². The van der Waals surface area contributed by atoms with Crippen molar-refractivity contribution < 1.29 is 13.2 Å². The molecule has 0 bridgehead atoms. The molecular formula is C16H26N2O3S. The molecule has 0 spiro atoms. The van der Waals surface area contributed by atoms with Crippen molar-refractivity contribution in [2.75, 3.05) is 25.4 Å². The number of aryl methyl sites for hydroxylation is 1. The van der Waals surface area contributed by atoms with Gasteiger partial charge in [-0.15, -0.1) is 0 Å². The predicted molar refractivity (Wildman–Crippen MR) is 89.1 cm³/mol. The molecule has 5 nitrogen and oxygen atoms in total. The van der Waals surface area contributed by atoms with Crippen molar-refractivity contribution in [1.82, 2.24) is 9.62 Å². The van der Waals surface area contributed by atoms with Gasteiger partial charge < -0.3 is 4.90 Å². The molecule has 0 aromatic heterocycles. The molecule has 1 rings (SSSR count). The van der Waals surface area contributed by atoms with Crippen LogP contribution in [0.15, 0.2) is 30.3 Å². The Balaban J connectivity index is 2.36. The summed E-state index contributed by atoms with van der Waals surface area (Å²) in [6.07, 6.45) is 2.43. The molecule has 0 aliphatic rings. The minimum Gasteiger partial charge on any atom is -0.342 e. The first-order valence-corrected chi connectivity index (χ1v) is 9.36. The highest BCUT2D eigenvalue weighted by atomic mass is 32.2. The highest BCUT2D eigenvalue weighted by molar-refractivity contribution is 7.89. The van der Waals surface area contributed by atoms with Crippen LogP contribution in [0.5, 0.6) is 0 Å². The Labute approximate surface area is 133 Å². The SMILES string of the molecule is CCCCN(CCNS(=O)(=O)CCc1ccccc1)C(C)=O. The van der Waals surface area contributed by atoms with Crippen LogP contribution in [0.25, 0.3) is 0 Å². The Kier molecular flexibility index (Phi) is 8.12. The number of benzene rings is 1. The van der Waals surface area contributed by atoms with Crippen molar-refractivity contribution >= 4 is 15.9 Å². The maximum Gasteiger partial charge on any atom is 0.219 e. The van der Waals surface area contributed by atoms with Crippen molar-refractivity contribution in [3.63, 3.8) is 0 Å². The fraction of sp³-hybridized carbons (Fsp3) is 0.562. The maximum absolute atomic E-state index is 12.0. The number of sulfonamides is 1. The second-order valence-corrected chi connectivity index (χ2v) is 7.23. The maximum atomic E-state index is 12.0. The molecule has 22 heavy (non-hydrogen) atoms. The summed E-state index contributed by atoms with van der Waals surface area (Å²) in [6.45, 7) is 4.93. The molecule has 1 amide bonds. The zero-order chi connectivity index (χ0) is 16.4. The van der Waals surface area contributed by atoms with Crippen LogP contribution in [0.2, 0.25) is 0 Å². The van der Waals surface area contributed by atoms with Gasteiger partial charge in [0.05, 0.1) is 5.75 Å². The van der Waals surface area contributed by atoms with Gasteiger partial charge in [0, 0.05) is 26.6 Å². The molecule has 0 saturated carbocycles. The molecule has 0 radical (unpaired) electrons. The minimum atomic E-state index is -3.31. The Morgan fingerprint density at radius 2 is 1.86 bits per heavy atom. The number of nitrogens with zero attached hydrogens (tertiary/aromatic N) is 1. The third-order valence-corrected chi connectivity index (χ3v) is 4.82. The van der Waals surface area contributed by atoms with E-state index in [1.165, 1.54) is 6.92 Å². The summed E-state index contributed by atoms with van der Waals surface area (Å²) in [5.74, 6) is 0.0448. The first-order chi connectivity index (χ1) is 10.4. The van der Waals surface area contributed by atoms with Crippen molar-refractivity contribution in [2.24, 2.45) is 0 Å². The minimum absolute atomic E-state index is 0.0167. The van der Waals surface area contributed by atoms with E-state index in [0.717, 1.165) is 18.4 Å². The normalized spacial score (nSPS) is 11.4. The molecule has 1 aromatic rings. The summed E-state index contributed by atoms with van der Waals surface area (Å²) in [6, 6.07) is 9.53. The van der Waals surface area contributed by atoms with Gasteiger partial charge in [0.25, 0.3) is 0 Å². The van der Waals surface area contributed by atoms with Gasteiger partial charge in [0.15, 0.2) is 0 Å². The number of rotatable bonds is 10. The molecule has 0 saturated heterocycles. The topological polar surface area (TPSA) is 66.5 Å². The van der Waals surface area contributed by atoms with Gasteiger partial charge >= 0.3 is 0 Å². The van der Waals surface area contributed by atoms with Crippen LogP contribution in [0.1, 0.15) is 32.3 Å². The lowest BCUT2D eigenvalue weighted by Crippen LogP contribution is -2.38. The molecule has 0 aliphatic carbocycles. The first kappa shape index (κ1) is 18.6. The van der Waals surface area contributed by atoms with E-state index in [1.54, 1.807) is 4.90 Å². The van der Waals surface area contributed by atoms with Crippen LogP contribution in [-0.2, 0) is 21.2 Å². The zero-order valence-corrected chi connectivity index (χ0v) is 14.2. The van der Waals surface area contributed by atoms with Crippen LogP contribution >= 0.6 is 0 Å². The monoisotopic (exact) mass is 326 g/mol. The molecule has 124 valence electrons. The van der Waals surface area contributed by atoms with Crippen LogP contribution < -0.4 is 4.72 Å². The summed E-state index contributed by atoms with van der Waals surface area (Å²) in [4.78, 5) is 13.1. The predicted octanol–water partition coefficient (Wildman–Crippen LogP) is 1.80. The summed E-state index contributed by atoms with van der Waals surface area (Å²) < 4.78 is 26.5. The van der Waals surface area contributed by atoms with E-state index >= 15 is 0 Å². The highest BCUT2D eigenvalue weighted by Gasteiger charge is 2.12. The quantitative estimate of drug-likeness (QED) is 0.713. The summed E-state index contributed by atoms with van der Waals surface area (Å²) in [5, 5.41) is 0. The Morgan fingerprint density at radius 3 is 2.45 bits per heavy atom. The third-order valence-electron chi connectivity index (χ3n) is 3.43. The second kappa shape index (κ2) is 9.58.